The lowest BCUT2D eigenvalue weighted by molar-refractivity contribution is 0.0493. The van der Waals surface area contributed by atoms with Gasteiger partial charge in [0.25, 0.3) is 0 Å². The fourth-order valence-electron chi connectivity index (χ4n) is 3.93. The number of fused-ring (bicyclic) bond motifs is 1. The lowest BCUT2D eigenvalue weighted by Gasteiger charge is -2.28. The van der Waals surface area contributed by atoms with E-state index in [4.69, 9.17) is 4.74 Å². The predicted molar refractivity (Wildman–Crippen MR) is 127 cm³/mol. The molecule has 1 aromatic heterocycles. The third-order valence-corrected chi connectivity index (χ3v) is 5.44. The minimum atomic E-state index is -0.753. The standard InChI is InChI=1S/C26H28N4O3/c1-26(2,3)33-25(32)29-22(24(31)19-7-5-4-6-8-19)16-30-12-11-18-9-10-20(13-23(18)30)21-14-27-17-28-15-21/h4-10,13-15,17,22H,11-12,16H2,1-3H3,(H,29,32). The van der Waals surface area contributed by atoms with Crippen LogP contribution in [0.5, 0.6) is 0 Å². The summed E-state index contributed by atoms with van der Waals surface area (Å²) in [5.74, 6) is -0.150. The number of ketones is 1. The first kappa shape index (κ1) is 22.5. The lowest BCUT2D eigenvalue weighted by atomic mass is 10.0. The van der Waals surface area contributed by atoms with Crippen molar-refractivity contribution >= 4 is 17.6 Å². The molecule has 33 heavy (non-hydrogen) atoms. The Balaban J connectivity index is 1.59. The van der Waals surface area contributed by atoms with Gasteiger partial charge >= 0.3 is 6.09 Å². The van der Waals surface area contributed by atoms with Crippen LogP contribution < -0.4 is 10.2 Å². The van der Waals surface area contributed by atoms with Crippen LogP contribution in [0.25, 0.3) is 11.1 Å². The molecule has 0 saturated carbocycles. The van der Waals surface area contributed by atoms with Gasteiger partial charge in [-0.25, -0.2) is 14.8 Å². The number of Topliss-reactive ketones (excluding diaryl/α,β-unsaturated/α-hetero) is 1. The van der Waals surface area contributed by atoms with Crippen molar-refractivity contribution in [1.82, 2.24) is 15.3 Å². The van der Waals surface area contributed by atoms with Gasteiger partial charge in [0.05, 0.1) is 0 Å². The summed E-state index contributed by atoms with van der Waals surface area (Å²) in [5.41, 5.74) is 4.08. The zero-order valence-corrected chi connectivity index (χ0v) is 19.1. The van der Waals surface area contributed by atoms with Gasteiger partial charge in [-0.15, -0.1) is 0 Å². The highest BCUT2D eigenvalue weighted by Gasteiger charge is 2.30. The molecule has 1 amide bonds. The smallest absolute Gasteiger partial charge is 0.408 e. The van der Waals surface area contributed by atoms with E-state index in [1.807, 2.05) is 18.2 Å². The van der Waals surface area contributed by atoms with Gasteiger partial charge in [-0.2, -0.15) is 0 Å². The molecule has 4 rings (SSSR count). The Morgan fingerprint density at radius 3 is 2.48 bits per heavy atom. The van der Waals surface area contributed by atoms with E-state index < -0.39 is 17.7 Å². The Kier molecular flexibility index (Phi) is 6.40. The van der Waals surface area contributed by atoms with E-state index in [2.05, 4.69) is 38.4 Å². The van der Waals surface area contributed by atoms with Crippen molar-refractivity contribution in [3.63, 3.8) is 0 Å². The van der Waals surface area contributed by atoms with Gasteiger partial charge in [-0.3, -0.25) is 4.79 Å². The molecule has 1 N–H and O–H groups in total. The molecule has 0 bridgehead atoms. The molecular weight excluding hydrogens is 416 g/mol. The van der Waals surface area contributed by atoms with Crippen LogP contribution in [0, 0.1) is 0 Å². The van der Waals surface area contributed by atoms with Crippen LogP contribution in [0.3, 0.4) is 0 Å². The van der Waals surface area contributed by atoms with E-state index in [1.165, 1.54) is 11.9 Å². The van der Waals surface area contributed by atoms with Gasteiger partial charge in [-0.05, 0) is 44.4 Å². The normalized spacial score (nSPS) is 13.8. The molecule has 0 fully saturated rings. The van der Waals surface area contributed by atoms with Crippen molar-refractivity contribution in [1.29, 1.82) is 0 Å². The van der Waals surface area contributed by atoms with Crippen LogP contribution in [0.15, 0.2) is 67.3 Å². The van der Waals surface area contributed by atoms with Gasteiger partial charge in [0.2, 0.25) is 0 Å². The van der Waals surface area contributed by atoms with Crippen molar-refractivity contribution < 1.29 is 14.3 Å². The van der Waals surface area contributed by atoms with Gasteiger partial charge in [-0.1, -0.05) is 42.5 Å². The second-order valence-corrected chi connectivity index (χ2v) is 9.10. The third kappa shape index (κ3) is 5.55. The molecule has 2 aromatic carbocycles. The Hall–Kier alpha value is -3.74. The molecule has 1 atom stereocenters. The van der Waals surface area contributed by atoms with Crippen LogP contribution in [-0.2, 0) is 11.2 Å². The van der Waals surface area contributed by atoms with Crippen LogP contribution in [0.2, 0.25) is 0 Å². The zero-order chi connectivity index (χ0) is 23.4. The molecule has 2 heterocycles. The fourth-order valence-corrected chi connectivity index (χ4v) is 3.93. The number of hydrogen-bond donors (Lipinski definition) is 1. The average Bonchev–Trinajstić information content (AvgIpc) is 3.20. The van der Waals surface area contributed by atoms with Crippen LogP contribution >= 0.6 is 0 Å². The quantitative estimate of drug-likeness (QED) is 0.571. The molecule has 7 heteroatoms. The summed E-state index contributed by atoms with van der Waals surface area (Å²) in [4.78, 5) is 36.2. The first-order valence-corrected chi connectivity index (χ1v) is 11.0. The van der Waals surface area contributed by atoms with E-state index in [-0.39, 0.29) is 5.78 Å². The van der Waals surface area contributed by atoms with E-state index in [0.717, 1.165) is 29.8 Å². The first-order valence-electron chi connectivity index (χ1n) is 11.0. The molecule has 0 radical (unpaired) electrons. The van der Waals surface area contributed by atoms with E-state index in [0.29, 0.717) is 12.1 Å². The SMILES string of the molecule is CC(C)(C)OC(=O)NC(CN1CCc2ccc(-c3cncnc3)cc21)C(=O)c1ccccc1. The number of carbonyl (C=O) groups is 2. The topological polar surface area (TPSA) is 84.4 Å². The molecule has 1 aliphatic rings. The van der Waals surface area contributed by atoms with Crippen molar-refractivity contribution in [2.45, 2.75) is 38.8 Å². The molecule has 1 aliphatic heterocycles. The molecule has 7 nitrogen and oxygen atoms in total. The summed E-state index contributed by atoms with van der Waals surface area (Å²) in [6.45, 7) is 6.50. The minimum absolute atomic E-state index is 0.150. The van der Waals surface area contributed by atoms with Crippen molar-refractivity contribution in [3.8, 4) is 11.1 Å². The second-order valence-electron chi connectivity index (χ2n) is 9.10. The average molecular weight is 445 g/mol. The molecule has 1 unspecified atom stereocenters. The van der Waals surface area contributed by atoms with Crippen LogP contribution in [-0.4, -0.2) is 46.6 Å². The lowest BCUT2D eigenvalue weighted by Crippen LogP contribution is -2.49. The number of rotatable bonds is 6. The number of ether oxygens (including phenoxy) is 1. The summed E-state index contributed by atoms with van der Waals surface area (Å²) in [7, 11) is 0. The molecule has 0 spiro atoms. The Morgan fingerprint density at radius 1 is 1.06 bits per heavy atom. The number of alkyl carbamates (subject to hydrolysis) is 1. The molecular formula is C26H28N4O3. The molecule has 170 valence electrons. The Bertz CT molecular complexity index is 1130. The first-order chi connectivity index (χ1) is 15.8. The number of hydrogen-bond acceptors (Lipinski definition) is 6. The number of anilines is 1. The maximum absolute atomic E-state index is 13.3. The molecule has 0 aliphatic carbocycles. The van der Waals surface area contributed by atoms with Crippen LogP contribution in [0.4, 0.5) is 10.5 Å². The van der Waals surface area contributed by atoms with Gasteiger partial charge in [0.15, 0.2) is 5.78 Å². The van der Waals surface area contributed by atoms with E-state index >= 15 is 0 Å². The summed E-state index contributed by atoms with van der Waals surface area (Å²) < 4.78 is 5.43. The van der Waals surface area contributed by atoms with E-state index in [9.17, 15) is 9.59 Å². The van der Waals surface area contributed by atoms with Gasteiger partial charge in [0.1, 0.15) is 18.0 Å². The highest BCUT2D eigenvalue weighted by molar-refractivity contribution is 6.02. The monoisotopic (exact) mass is 444 g/mol. The highest BCUT2D eigenvalue weighted by atomic mass is 16.6. The van der Waals surface area contributed by atoms with Crippen molar-refractivity contribution in [2.24, 2.45) is 0 Å². The minimum Gasteiger partial charge on any atom is -0.444 e. The Labute approximate surface area is 193 Å². The highest BCUT2D eigenvalue weighted by Crippen LogP contribution is 2.32. The number of amides is 1. The third-order valence-electron chi connectivity index (χ3n) is 5.44. The van der Waals surface area contributed by atoms with Crippen molar-refractivity contribution in [3.05, 3.63) is 78.4 Å². The summed E-state index contributed by atoms with van der Waals surface area (Å²) >= 11 is 0. The van der Waals surface area contributed by atoms with Crippen molar-refractivity contribution in [2.75, 3.05) is 18.0 Å². The number of nitrogens with one attached hydrogen (secondary N) is 1. The summed E-state index contributed by atoms with van der Waals surface area (Å²) in [6, 6.07) is 14.5. The molecule has 0 saturated heterocycles. The van der Waals surface area contributed by atoms with Gasteiger partial charge in [0, 0.05) is 42.3 Å². The number of nitrogens with zero attached hydrogens (tertiary/aromatic N) is 3. The maximum atomic E-state index is 13.3. The number of benzene rings is 2. The van der Waals surface area contributed by atoms with Gasteiger partial charge < -0.3 is 15.0 Å². The summed E-state index contributed by atoms with van der Waals surface area (Å²) in [6.07, 6.45) is 5.33. The number of aromatic nitrogens is 2. The second kappa shape index (κ2) is 9.40. The predicted octanol–water partition coefficient (Wildman–Crippen LogP) is 4.28. The number of carbonyl (C=O) groups excluding carboxylic acids is 2. The Morgan fingerprint density at radius 2 is 1.79 bits per heavy atom. The zero-order valence-electron chi connectivity index (χ0n) is 19.1. The molecule has 3 aromatic rings. The largest absolute Gasteiger partial charge is 0.444 e. The summed E-state index contributed by atoms with van der Waals surface area (Å²) in [5, 5.41) is 2.80. The van der Waals surface area contributed by atoms with Crippen LogP contribution in [0.1, 0.15) is 36.7 Å². The fraction of sp³-hybridized carbons (Fsp3) is 0.308. The van der Waals surface area contributed by atoms with E-state index in [1.54, 1.807) is 45.3 Å². The maximum Gasteiger partial charge on any atom is 0.408 e.